The third kappa shape index (κ3) is 6.69. The molecule has 0 aliphatic heterocycles. The van der Waals surface area contributed by atoms with Gasteiger partial charge in [0.2, 0.25) is 0 Å². The lowest BCUT2D eigenvalue weighted by Gasteiger charge is -2.22. The molecule has 0 N–H and O–H groups in total. The van der Waals surface area contributed by atoms with E-state index in [1.165, 1.54) is 32.5 Å². The Morgan fingerprint density at radius 3 is 1.95 bits per heavy atom. The van der Waals surface area contributed by atoms with Crippen LogP contribution in [-0.4, -0.2) is 0 Å². The van der Waals surface area contributed by atoms with E-state index in [4.69, 9.17) is 8.83 Å². The molecule has 0 bridgehead atoms. The molecule has 0 radical (unpaired) electrons. The molecule has 0 amide bonds. The third-order valence-corrected chi connectivity index (χ3v) is 11.6. The fourth-order valence-electron chi connectivity index (χ4n) is 8.63. The van der Waals surface area contributed by atoms with Gasteiger partial charge in [0, 0.05) is 44.7 Å². The van der Waals surface area contributed by atoms with Gasteiger partial charge in [0.05, 0.1) is 0 Å². The number of benzene rings is 9. The molecule has 0 spiro atoms. The first-order valence-corrected chi connectivity index (χ1v) is 20.6. The third-order valence-electron chi connectivity index (χ3n) is 11.6. The smallest absolute Gasteiger partial charge is 0.142 e. The highest BCUT2D eigenvalue weighted by atomic mass is 16.3. The quantitative estimate of drug-likeness (QED) is 0.108. The van der Waals surface area contributed by atoms with Crippen LogP contribution in [0.15, 0.2) is 234 Å². The van der Waals surface area contributed by atoms with Crippen molar-refractivity contribution in [3.05, 3.63) is 236 Å². The predicted octanol–water partition coefficient (Wildman–Crippen LogP) is 16.4. The van der Waals surface area contributed by atoms with Crippen LogP contribution in [0.1, 0.15) is 11.3 Å². The van der Waals surface area contributed by atoms with Gasteiger partial charge in [-0.3, -0.25) is 0 Å². The van der Waals surface area contributed by atoms with Crippen molar-refractivity contribution in [2.45, 2.75) is 0 Å². The molecular weight excluding hydrogens is 743 g/mol. The molecule has 288 valence electrons. The SMILES string of the molecule is C=C/C=C\C(=C\c1cccc2c1oc1cc3ccccc3cc12)N(/C=C/C=C\c1cc2ccc3ccccc3c2o1)c1ccc(-c2ccc3c(ccc4ccccc43)c2)cc1. The van der Waals surface area contributed by atoms with Crippen LogP contribution >= 0.6 is 0 Å². The van der Waals surface area contributed by atoms with E-state index in [0.717, 1.165) is 77.3 Å². The first kappa shape index (κ1) is 36.0. The van der Waals surface area contributed by atoms with Crippen molar-refractivity contribution in [2.24, 2.45) is 0 Å². The molecule has 0 saturated carbocycles. The van der Waals surface area contributed by atoms with E-state index in [2.05, 4.69) is 212 Å². The summed E-state index contributed by atoms with van der Waals surface area (Å²) >= 11 is 0. The number of nitrogens with zero attached hydrogens (tertiary/aromatic N) is 1. The molecule has 0 atom stereocenters. The van der Waals surface area contributed by atoms with Gasteiger partial charge in [-0.1, -0.05) is 164 Å². The lowest BCUT2D eigenvalue weighted by molar-refractivity contribution is 0.607. The molecule has 11 rings (SSSR count). The Labute approximate surface area is 353 Å². The molecule has 3 nitrogen and oxygen atoms in total. The highest BCUT2D eigenvalue weighted by Crippen LogP contribution is 2.37. The molecule has 61 heavy (non-hydrogen) atoms. The Kier molecular flexibility index (Phi) is 8.98. The van der Waals surface area contributed by atoms with Crippen molar-refractivity contribution in [1.29, 1.82) is 0 Å². The second-order valence-electron chi connectivity index (χ2n) is 15.4. The van der Waals surface area contributed by atoms with Crippen LogP contribution in [0.5, 0.6) is 0 Å². The van der Waals surface area contributed by atoms with Crippen LogP contribution in [0.4, 0.5) is 5.69 Å². The van der Waals surface area contributed by atoms with E-state index in [9.17, 15) is 0 Å². The standard InChI is InChI=1S/C58H39NO2/c1-2-3-18-49(35-46-17-12-22-54-55-37-42-15-4-5-16-43(42)38-56(55)61-58(46)54)59(33-11-10-19-50-36-47-26-24-41-14-7-9-21-53(41)57(47)60-50)48-30-27-39(28-31-48)44-29-32-52-45(34-44)25-23-40-13-6-8-20-51(40)52/h2-38H,1H2/b18-3-,19-10-,33-11+,49-35-. The molecule has 11 aromatic rings. The van der Waals surface area contributed by atoms with Gasteiger partial charge in [0.25, 0.3) is 0 Å². The lowest BCUT2D eigenvalue weighted by atomic mass is 9.97. The highest BCUT2D eigenvalue weighted by molar-refractivity contribution is 6.12. The van der Waals surface area contributed by atoms with E-state index in [0.29, 0.717) is 0 Å². The van der Waals surface area contributed by atoms with Gasteiger partial charge in [0.1, 0.15) is 22.5 Å². The molecule has 2 aromatic heterocycles. The Morgan fingerprint density at radius 1 is 0.459 bits per heavy atom. The summed E-state index contributed by atoms with van der Waals surface area (Å²) in [5, 5.41) is 12.9. The highest BCUT2D eigenvalue weighted by Gasteiger charge is 2.15. The van der Waals surface area contributed by atoms with E-state index in [1.54, 1.807) is 6.08 Å². The summed E-state index contributed by atoms with van der Waals surface area (Å²) in [7, 11) is 0. The van der Waals surface area contributed by atoms with Crippen molar-refractivity contribution in [2.75, 3.05) is 4.90 Å². The van der Waals surface area contributed by atoms with Crippen molar-refractivity contribution >= 4 is 93.8 Å². The average molecular weight is 782 g/mol. The molecule has 0 saturated heterocycles. The van der Waals surface area contributed by atoms with Crippen LogP contribution in [0.3, 0.4) is 0 Å². The summed E-state index contributed by atoms with van der Waals surface area (Å²) in [6.07, 6.45) is 16.2. The topological polar surface area (TPSA) is 29.5 Å². The summed E-state index contributed by atoms with van der Waals surface area (Å²) in [6, 6.07) is 62.4. The second-order valence-corrected chi connectivity index (χ2v) is 15.4. The zero-order valence-corrected chi connectivity index (χ0v) is 33.3. The molecule has 0 aliphatic rings. The first-order valence-electron chi connectivity index (χ1n) is 20.6. The van der Waals surface area contributed by atoms with E-state index >= 15 is 0 Å². The largest absolute Gasteiger partial charge is 0.456 e. The van der Waals surface area contributed by atoms with Gasteiger partial charge in [0.15, 0.2) is 0 Å². The number of allylic oxidation sites excluding steroid dienone is 5. The minimum atomic E-state index is 0.793. The fraction of sp³-hybridized carbons (Fsp3) is 0. The van der Waals surface area contributed by atoms with Gasteiger partial charge in [-0.25, -0.2) is 0 Å². The Hall–Kier alpha value is -8.14. The molecule has 0 unspecified atom stereocenters. The van der Waals surface area contributed by atoms with Crippen LogP contribution < -0.4 is 4.90 Å². The molecule has 0 fully saturated rings. The molecule has 2 heterocycles. The van der Waals surface area contributed by atoms with Gasteiger partial charge in [-0.2, -0.15) is 0 Å². The number of fused-ring (bicyclic) bond motifs is 10. The lowest BCUT2D eigenvalue weighted by Crippen LogP contribution is -2.14. The van der Waals surface area contributed by atoms with Crippen LogP contribution in [0.2, 0.25) is 0 Å². The minimum Gasteiger partial charge on any atom is -0.456 e. The Morgan fingerprint density at radius 2 is 1.13 bits per heavy atom. The fourth-order valence-corrected chi connectivity index (χ4v) is 8.63. The second kappa shape index (κ2) is 15.2. The van der Waals surface area contributed by atoms with E-state index in [1.807, 2.05) is 18.2 Å². The monoisotopic (exact) mass is 781 g/mol. The number of rotatable bonds is 9. The van der Waals surface area contributed by atoms with Crippen molar-refractivity contribution in [1.82, 2.24) is 0 Å². The molecule has 9 aromatic carbocycles. The summed E-state index contributed by atoms with van der Waals surface area (Å²) < 4.78 is 13.0. The van der Waals surface area contributed by atoms with Gasteiger partial charge in [-0.05, 0) is 110 Å². The van der Waals surface area contributed by atoms with Gasteiger partial charge < -0.3 is 13.7 Å². The molecule has 3 heteroatoms. The van der Waals surface area contributed by atoms with Gasteiger partial charge >= 0.3 is 0 Å². The van der Waals surface area contributed by atoms with Crippen LogP contribution in [0.25, 0.3) is 99.3 Å². The molecular formula is C58H39NO2. The van der Waals surface area contributed by atoms with Crippen molar-refractivity contribution in [3.63, 3.8) is 0 Å². The molecule has 0 aliphatic carbocycles. The number of hydrogen-bond acceptors (Lipinski definition) is 3. The summed E-state index contributed by atoms with van der Waals surface area (Å²) in [5.74, 6) is 0.793. The maximum absolute atomic E-state index is 6.65. The number of hydrogen-bond donors (Lipinski definition) is 0. The van der Waals surface area contributed by atoms with Gasteiger partial charge in [-0.15, -0.1) is 0 Å². The summed E-state index contributed by atoms with van der Waals surface area (Å²) in [6.45, 7) is 4.02. The first-order chi connectivity index (χ1) is 30.2. The van der Waals surface area contributed by atoms with Crippen molar-refractivity contribution in [3.8, 4) is 11.1 Å². The van der Waals surface area contributed by atoms with Crippen LogP contribution in [-0.2, 0) is 0 Å². The maximum atomic E-state index is 6.65. The number of furan rings is 2. The van der Waals surface area contributed by atoms with Crippen molar-refractivity contribution < 1.29 is 8.83 Å². The average Bonchev–Trinajstić information content (AvgIpc) is 3.91. The van der Waals surface area contributed by atoms with E-state index < -0.39 is 0 Å². The Balaban J connectivity index is 0.997. The van der Waals surface area contributed by atoms with E-state index in [-0.39, 0.29) is 0 Å². The minimum absolute atomic E-state index is 0.793. The van der Waals surface area contributed by atoms with Crippen LogP contribution in [0, 0.1) is 0 Å². The predicted molar refractivity (Wildman–Crippen MR) is 260 cm³/mol. The maximum Gasteiger partial charge on any atom is 0.142 e. The zero-order valence-electron chi connectivity index (χ0n) is 33.3. The number of anilines is 1. The Bertz CT molecular complexity index is 3610. The summed E-state index contributed by atoms with van der Waals surface area (Å²) in [4.78, 5) is 2.20. The normalized spacial score (nSPS) is 12.6. The zero-order chi connectivity index (χ0) is 40.7. The summed E-state index contributed by atoms with van der Waals surface area (Å²) in [5.41, 5.74) is 7.84. The number of para-hydroxylation sites is 1.